The molecule has 1 fully saturated rings. The van der Waals surface area contributed by atoms with Crippen molar-refractivity contribution in [1.82, 2.24) is 0 Å². The van der Waals surface area contributed by atoms with Crippen LogP contribution in [0.3, 0.4) is 0 Å². The predicted molar refractivity (Wildman–Crippen MR) is 132 cm³/mol. The summed E-state index contributed by atoms with van der Waals surface area (Å²) in [7, 11) is 0. The van der Waals surface area contributed by atoms with Crippen molar-refractivity contribution >= 4 is 81.2 Å². The summed E-state index contributed by atoms with van der Waals surface area (Å²) in [5.74, 6) is -2.98. The van der Waals surface area contributed by atoms with Gasteiger partial charge in [-0.25, -0.2) is 4.39 Å². The van der Waals surface area contributed by atoms with Gasteiger partial charge in [-0.05, 0) is 54.1 Å². The largest absolute Gasteiger partial charge is 0.326 e. The van der Waals surface area contributed by atoms with Crippen LogP contribution in [-0.4, -0.2) is 16.1 Å². The van der Waals surface area contributed by atoms with Crippen molar-refractivity contribution < 1.29 is 14.0 Å². The summed E-state index contributed by atoms with van der Waals surface area (Å²) in [6, 6.07) is 15.0. The SMILES string of the molecule is O=C(Nc1ccccc1F)c1cc(NC(=O)[C@@H]2[C@@H](c3cc(Cl)cc(Cl)c3)C2(Cl)Cl)ccc1Cl. The lowest BCUT2D eigenvalue weighted by Crippen LogP contribution is -2.18. The highest BCUT2D eigenvalue weighted by molar-refractivity contribution is 6.53. The van der Waals surface area contributed by atoms with Crippen molar-refractivity contribution in [3.8, 4) is 0 Å². The number of benzene rings is 3. The second-order valence-electron chi connectivity index (χ2n) is 7.45. The van der Waals surface area contributed by atoms with Crippen molar-refractivity contribution in [3.05, 3.63) is 92.7 Å². The van der Waals surface area contributed by atoms with Crippen LogP contribution in [0.1, 0.15) is 21.8 Å². The van der Waals surface area contributed by atoms with E-state index in [0.717, 1.165) is 0 Å². The molecule has 0 aliphatic heterocycles. The summed E-state index contributed by atoms with van der Waals surface area (Å²) in [4.78, 5) is 25.5. The molecule has 2 N–H and O–H groups in total. The van der Waals surface area contributed by atoms with Crippen LogP contribution in [0.25, 0.3) is 0 Å². The van der Waals surface area contributed by atoms with E-state index in [2.05, 4.69) is 10.6 Å². The molecule has 170 valence electrons. The summed E-state index contributed by atoms with van der Waals surface area (Å²) in [6.07, 6.45) is 0. The van der Waals surface area contributed by atoms with E-state index < -0.39 is 33.8 Å². The van der Waals surface area contributed by atoms with E-state index in [4.69, 9.17) is 58.0 Å². The molecule has 4 rings (SSSR count). The standard InChI is InChI=1S/C23H14Cl5FN2O2/c24-12-7-11(8-13(25)9-12)19-20(23(19,27)28)22(33)30-14-5-6-16(26)15(10-14)21(32)31-18-4-2-1-3-17(18)29/h1-10,19-20H,(H,30,33)(H,31,32)/t19-,20+/m1/s1. The van der Waals surface area contributed by atoms with Crippen LogP contribution >= 0.6 is 58.0 Å². The number of hydrogen-bond acceptors (Lipinski definition) is 2. The summed E-state index contributed by atoms with van der Waals surface area (Å²) >= 11 is 31.0. The van der Waals surface area contributed by atoms with Crippen molar-refractivity contribution in [1.29, 1.82) is 0 Å². The van der Waals surface area contributed by atoms with Gasteiger partial charge in [0.15, 0.2) is 0 Å². The molecule has 33 heavy (non-hydrogen) atoms. The summed E-state index contributed by atoms with van der Waals surface area (Å²) in [6.45, 7) is 0. The molecule has 1 saturated carbocycles. The smallest absolute Gasteiger partial charge is 0.257 e. The molecular formula is C23H14Cl5FN2O2. The maximum atomic E-state index is 13.9. The summed E-state index contributed by atoms with van der Waals surface area (Å²) in [5, 5.41) is 6.08. The molecule has 0 heterocycles. The van der Waals surface area contributed by atoms with E-state index in [0.29, 0.717) is 21.3 Å². The molecule has 3 aromatic carbocycles. The Morgan fingerprint density at radius 3 is 2.21 bits per heavy atom. The van der Waals surface area contributed by atoms with Crippen LogP contribution in [0.2, 0.25) is 15.1 Å². The van der Waals surface area contributed by atoms with Gasteiger partial charge < -0.3 is 10.6 Å². The number of para-hydroxylation sites is 1. The quantitative estimate of drug-likeness (QED) is 0.325. The molecule has 2 amide bonds. The number of anilines is 2. The topological polar surface area (TPSA) is 58.2 Å². The fourth-order valence-corrected chi connectivity index (χ4v) is 5.15. The Labute approximate surface area is 213 Å². The number of nitrogens with one attached hydrogen (secondary N) is 2. The minimum atomic E-state index is -1.35. The number of carbonyl (C=O) groups excluding carboxylic acids is 2. The minimum Gasteiger partial charge on any atom is -0.326 e. The summed E-state index contributed by atoms with van der Waals surface area (Å²) < 4.78 is 12.5. The fraction of sp³-hybridized carbons (Fsp3) is 0.130. The van der Waals surface area contributed by atoms with E-state index >= 15 is 0 Å². The number of amides is 2. The third-order valence-electron chi connectivity index (χ3n) is 5.18. The number of rotatable bonds is 5. The lowest BCUT2D eigenvalue weighted by Gasteiger charge is -2.11. The van der Waals surface area contributed by atoms with Crippen LogP contribution in [0, 0.1) is 11.7 Å². The highest BCUT2D eigenvalue weighted by Crippen LogP contribution is 2.65. The van der Waals surface area contributed by atoms with Gasteiger partial charge >= 0.3 is 0 Å². The average Bonchev–Trinajstić information content (AvgIpc) is 3.32. The molecule has 0 aromatic heterocycles. The Balaban J connectivity index is 1.52. The van der Waals surface area contributed by atoms with E-state index in [9.17, 15) is 14.0 Å². The molecule has 1 aliphatic rings. The number of alkyl halides is 2. The van der Waals surface area contributed by atoms with Gasteiger partial charge in [-0.1, -0.05) is 46.9 Å². The van der Waals surface area contributed by atoms with E-state index in [-0.39, 0.29) is 16.3 Å². The lowest BCUT2D eigenvalue weighted by atomic mass is 10.1. The summed E-state index contributed by atoms with van der Waals surface area (Å²) in [5.41, 5.74) is 0.985. The van der Waals surface area contributed by atoms with Crippen LogP contribution < -0.4 is 10.6 Å². The first-order valence-corrected chi connectivity index (χ1v) is 11.5. The van der Waals surface area contributed by atoms with Crippen molar-refractivity contribution in [2.75, 3.05) is 10.6 Å². The normalized spacial score (nSPS) is 18.5. The van der Waals surface area contributed by atoms with Crippen LogP contribution in [0.15, 0.2) is 60.7 Å². The number of carbonyl (C=O) groups is 2. The Kier molecular flexibility index (Phi) is 6.81. The maximum Gasteiger partial charge on any atom is 0.257 e. The number of hydrogen-bond donors (Lipinski definition) is 2. The maximum absolute atomic E-state index is 13.9. The van der Waals surface area contributed by atoms with Crippen LogP contribution in [0.5, 0.6) is 0 Å². The van der Waals surface area contributed by atoms with Crippen molar-refractivity contribution in [2.45, 2.75) is 10.3 Å². The molecular weight excluding hydrogens is 533 g/mol. The second-order valence-corrected chi connectivity index (χ2v) is 10.2. The van der Waals surface area contributed by atoms with Crippen LogP contribution in [-0.2, 0) is 4.79 Å². The first-order chi connectivity index (χ1) is 15.6. The fourth-order valence-electron chi connectivity index (χ4n) is 3.57. The van der Waals surface area contributed by atoms with E-state index in [1.54, 1.807) is 24.3 Å². The lowest BCUT2D eigenvalue weighted by molar-refractivity contribution is -0.117. The van der Waals surface area contributed by atoms with Crippen molar-refractivity contribution in [3.63, 3.8) is 0 Å². The third kappa shape index (κ3) is 5.08. The molecule has 3 aromatic rings. The van der Waals surface area contributed by atoms with Gasteiger partial charge in [0.05, 0.1) is 22.2 Å². The first-order valence-electron chi connectivity index (χ1n) is 9.58. The Morgan fingerprint density at radius 2 is 1.55 bits per heavy atom. The van der Waals surface area contributed by atoms with E-state index in [1.165, 1.54) is 36.4 Å². The third-order valence-corrected chi connectivity index (χ3v) is 6.89. The molecule has 4 nitrogen and oxygen atoms in total. The van der Waals surface area contributed by atoms with Gasteiger partial charge in [0, 0.05) is 21.7 Å². The average molecular weight is 547 g/mol. The van der Waals surface area contributed by atoms with Gasteiger partial charge in [-0.3, -0.25) is 9.59 Å². The minimum absolute atomic E-state index is 0.00285. The van der Waals surface area contributed by atoms with Gasteiger partial charge in [-0.2, -0.15) is 0 Å². The van der Waals surface area contributed by atoms with Gasteiger partial charge in [0.25, 0.3) is 5.91 Å². The second kappa shape index (κ2) is 9.32. The zero-order valence-electron chi connectivity index (χ0n) is 16.5. The van der Waals surface area contributed by atoms with Gasteiger partial charge in [-0.15, -0.1) is 23.2 Å². The Hall–Kier alpha value is -2.02. The Bertz CT molecular complexity index is 1250. The molecule has 0 bridgehead atoms. The molecule has 0 spiro atoms. The monoisotopic (exact) mass is 544 g/mol. The molecule has 2 atom stereocenters. The predicted octanol–water partition coefficient (Wildman–Crippen LogP) is 7.56. The molecule has 1 aliphatic carbocycles. The first kappa shape index (κ1) is 24.1. The highest BCUT2D eigenvalue weighted by Gasteiger charge is 2.67. The van der Waals surface area contributed by atoms with Crippen molar-refractivity contribution in [2.24, 2.45) is 5.92 Å². The molecule has 0 unspecified atom stereocenters. The van der Waals surface area contributed by atoms with Gasteiger partial charge in [0.1, 0.15) is 10.2 Å². The molecule has 10 heteroatoms. The molecule has 0 saturated heterocycles. The number of halogens is 6. The molecule has 0 radical (unpaired) electrons. The van der Waals surface area contributed by atoms with E-state index in [1.807, 2.05) is 0 Å². The van der Waals surface area contributed by atoms with Gasteiger partial charge in [0.2, 0.25) is 5.91 Å². The highest BCUT2D eigenvalue weighted by atomic mass is 35.5. The zero-order valence-corrected chi connectivity index (χ0v) is 20.3. The Morgan fingerprint density at radius 1 is 0.879 bits per heavy atom. The zero-order chi connectivity index (χ0) is 23.9. The van der Waals surface area contributed by atoms with Crippen LogP contribution in [0.4, 0.5) is 15.8 Å².